The molecule has 2 nitrogen and oxygen atoms in total. The summed E-state index contributed by atoms with van der Waals surface area (Å²) in [5.74, 6) is 0. The van der Waals surface area contributed by atoms with Crippen LogP contribution in [0.1, 0.15) is 24.0 Å². The molecule has 3 rings (SSSR count). The second kappa shape index (κ2) is 5.87. The Kier molecular flexibility index (Phi) is 3.77. The van der Waals surface area contributed by atoms with Crippen LogP contribution in [0.4, 0.5) is 0 Å². The monoisotopic (exact) mass is 288 g/mol. The smallest absolute Gasteiger partial charge is 0.0670 e. The van der Waals surface area contributed by atoms with Crippen molar-refractivity contribution >= 4 is 22.9 Å². The number of nitrogens with zero attached hydrogens (tertiary/aromatic N) is 2. The Hall–Kier alpha value is -2.49. The summed E-state index contributed by atoms with van der Waals surface area (Å²) in [4.78, 5) is 2.28. The number of fused-ring (bicyclic) bond motifs is 2. The van der Waals surface area contributed by atoms with Crippen molar-refractivity contribution in [3.8, 4) is 12.1 Å². The third-order valence-electron chi connectivity index (χ3n) is 3.52. The lowest BCUT2D eigenvalue weighted by Crippen LogP contribution is -1.92. The molecule has 1 aliphatic rings. The first kappa shape index (κ1) is 13.5. The first-order chi connectivity index (χ1) is 10.3. The van der Waals surface area contributed by atoms with Crippen molar-refractivity contribution < 1.29 is 0 Å². The lowest BCUT2D eigenvalue weighted by molar-refractivity contribution is 1.27. The third kappa shape index (κ3) is 2.44. The average Bonchev–Trinajstić information content (AvgIpc) is 2.64. The van der Waals surface area contributed by atoms with E-state index in [-0.39, 0.29) is 0 Å². The first-order valence-corrected chi connectivity index (χ1v) is 7.49. The Morgan fingerprint density at radius 2 is 1.14 bits per heavy atom. The van der Waals surface area contributed by atoms with Gasteiger partial charge in [-0.3, -0.25) is 0 Å². The van der Waals surface area contributed by atoms with Gasteiger partial charge in [0.15, 0.2) is 0 Å². The van der Waals surface area contributed by atoms with Crippen molar-refractivity contribution in [3.05, 3.63) is 59.7 Å². The lowest BCUT2D eigenvalue weighted by Gasteiger charge is -2.11. The molecule has 0 amide bonds. The van der Waals surface area contributed by atoms with Crippen molar-refractivity contribution in [2.24, 2.45) is 0 Å². The lowest BCUT2D eigenvalue weighted by atomic mass is 9.91. The van der Waals surface area contributed by atoms with Gasteiger partial charge in [-0.25, -0.2) is 0 Å². The predicted molar refractivity (Wildman–Crippen MR) is 84.3 cm³/mol. The van der Waals surface area contributed by atoms with Gasteiger partial charge in [0.05, 0.1) is 25.0 Å². The highest BCUT2D eigenvalue weighted by Gasteiger charge is 2.21. The zero-order valence-electron chi connectivity index (χ0n) is 11.3. The molecule has 0 saturated heterocycles. The van der Waals surface area contributed by atoms with Crippen LogP contribution in [0, 0.1) is 22.7 Å². The maximum absolute atomic E-state index is 9.20. The van der Waals surface area contributed by atoms with E-state index in [0.717, 1.165) is 32.1 Å². The van der Waals surface area contributed by atoms with Crippen LogP contribution >= 0.6 is 11.8 Å². The third-order valence-corrected chi connectivity index (χ3v) is 4.67. The molecule has 2 aromatic rings. The molecule has 2 aromatic carbocycles. The number of nitriles is 2. The summed E-state index contributed by atoms with van der Waals surface area (Å²) in [6, 6.07) is 20.7. The van der Waals surface area contributed by atoms with Crippen LogP contribution in [0.2, 0.25) is 0 Å². The summed E-state index contributed by atoms with van der Waals surface area (Å²) in [6.45, 7) is 0. The van der Waals surface area contributed by atoms with Crippen molar-refractivity contribution in [2.75, 3.05) is 0 Å². The van der Waals surface area contributed by atoms with Gasteiger partial charge in [-0.05, 0) is 34.4 Å². The van der Waals surface area contributed by atoms with Crippen LogP contribution in [0.25, 0.3) is 11.1 Å². The molecular formula is C18H12N2S. The second-order valence-electron chi connectivity index (χ2n) is 4.72. The van der Waals surface area contributed by atoms with Crippen molar-refractivity contribution in [1.82, 2.24) is 0 Å². The van der Waals surface area contributed by atoms with Crippen LogP contribution in [0.3, 0.4) is 0 Å². The van der Waals surface area contributed by atoms with Gasteiger partial charge < -0.3 is 0 Å². The fraction of sp³-hybridized carbons (Fsp3) is 0.111. The number of hydrogen-bond donors (Lipinski definition) is 0. The van der Waals surface area contributed by atoms with Gasteiger partial charge in [0.25, 0.3) is 0 Å². The highest BCUT2D eigenvalue weighted by molar-refractivity contribution is 7.99. The number of rotatable bonds is 2. The van der Waals surface area contributed by atoms with Gasteiger partial charge in [0.1, 0.15) is 0 Å². The highest BCUT2D eigenvalue weighted by atomic mass is 32.2. The zero-order chi connectivity index (χ0) is 14.7. The Morgan fingerprint density at radius 1 is 0.714 bits per heavy atom. The average molecular weight is 288 g/mol. The molecule has 0 aliphatic carbocycles. The van der Waals surface area contributed by atoms with Crippen LogP contribution < -0.4 is 0 Å². The van der Waals surface area contributed by atoms with Crippen molar-refractivity contribution in [2.45, 2.75) is 22.6 Å². The van der Waals surface area contributed by atoms with Crippen LogP contribution in [-0.2, 0) is 0 Å². The molecule has 1 aliphatic heterocycles. The largest absolute Gasteiger partial charge is 0.198 e. The molecule has 1 heterocycles. The minimum Gasteiger partial charge on any atom is -0.198 e. The normalized spacial score (nSPS) is 12.7. The molecule has 0 atom stereocenters. The fourth-order valence-corrected chi connectivity index (χ4v) is 3.75. The highest BCUT2D eigenvalue weighted by Crippen LogP contribution is 2.45. The van der Waals surface area contributed by atoms with E-state index < -0.39 is 0 Å². The summed E-state index contributed by atoms with van der Waals surface area (Å²) in [7, 11) is 0. The molecule has 3 heteroatoms. The number of benzene rings is 2. The van der Waals surface area contributed by atoms with E-state index in [9.17, 15) is 10.5 Å². The van der Waals surface area contributed by atoms with Crippen molar-refractivity contribution in [3.63, 3.8) is 0 Å². The zero-order valence-corrected chi connectivity index (χ0v) is 12.2. The summed E-state index contributed by atoms with van der Waals surface area (Å²) in [5.41, 5.74) is 4.11. The molecule has 100 valence electrons. The maximum atomic E-state index is 9.20. The summed E-state index contributed by atoms with van der Waals surface area (Å²) in [6.07, 6.45) is 0.645. The molecule has 0 radical (unpaired) electrons. The van der Waals surface area contributed by atoms with Gasteiger partial charge in [0.2, 0.25) is 0 Å². The van der Waals surface area contributed by atoms with Gasteiger partial charge in [-0.2, -0.15) is 10.5 Å². The molecule has 0 aromatic heterocycles. The molecular weight excluding hydrogens is 276 g/mol. The number of hydrogen-bond acceptors (Lipinski definition) is 3. The molecule has 0 N–H and O–H groups in total. The van der Waals surface area contributed by atoms with Crippen molar-refractivity contribution in [1.29, 1.82) is 10.5 Å². The summed E-state index contributed by atoms with van der Waals surface area (Å²) in [5, 5.41) is 18.4. The Bertz CT molecular complexity index is 739. The van der Waals surface area contributed by atoms with E-state index in [2.05, 4.69) is 24.3 Å². The topological polar surface area (TPSA) is 47.6 Å². The molecule has 0 unspecified atom stereocenters. The Morgan fingerprint density at radius 3 is 1.57 bits per heavy atom. The minimum atomic E-state index is 0.322. The fourth-order valence-electron chi connectivity index (χ4n) is 2.62. The molecule has 0 bridgehead atoms. The van der Waals surface area contributed by atoms with Crippen LogP contribution in [-0.4, -0.2) is 0 Å². The van der Waals surface area contributed by atoms with Crippen LogP contribution in [0.5, 0.6) is 0 Å². The molecule has 0 fully saturated rings. The van der Waals surface area contributed by atoms with E-state index >= 15 is 0 Å². The SMILES string of the molecule is N#CCC1=C(CC#N)c2ccccc2Sc2ccccc21. The Labute approximate surface area is 128 Å². The standard InChI is InChI=1S/C18H12N2S/c19-11-9-13-14(10-12-20)16-6-2-4-8-18(16)21-17-7-3-1-5-15(13)17/h1-8H,9-10H2. The van der Waals surface area contributed by atoms with E-state index in [1.807, 2.05) is 36.4 Å². The number of allylic oxidation sites excluding steroid dienone is 2. The van der Waals surface area contributed by atoms with Gasteiger partial charge in [0, 0.05) is 9.79 Å². The maximum Gasteiger partial charge on any atom is 0.0670 e. The molecule has 0 spiro atoms. The quantitative estimate of drug-likeness (QED) is 0.790. The van der Waals surface area contributed by atoms with E-state index in [1.165, 1.54) is 0 Å². The second-order valence-corrected chi connectivity index (χ2v) is 5.81. The van der Waals surface area contributed by atoms with E-state index in [0.29, 0.717) is 12.8 Å². The minimum absolute atomic E-state index is 0.322. The molecule has 0 saturated carbocycles. The van der Waals surface area contributed by atoms with E-state index in [4.69, 9.17) is 0 Å². The van der Waals surface area contributed by atoms with Gasteiger partial charge >= 0.3 is 0 Å². The van der Waals surface area contributed by atoms with Crippen LogP contribution in [0.15, 0.2) is 58.3 Å². The Balaban J connectivity index is 2.35. The molecule has 21 heavy (non-hydrogen) atoms. The predicted octanol–water partition coefficient (Wildman–Crippen LogP) is 4.89. The van der Waals surface area contributed by atoms with Gasteiger partial charge in [-0.15, -0.1) is 0 Å². The van der Waals surface area contributed by atoms with Gasteiger partial charge in [-0.1, -0.05) is 48.2 Å². The first-order valence-electron chi connectivity index (χ1n) is 6.67. The summed E-state index contributed by atoms with van der Waals surface area (Å²) < 4.78 is 0. The summed E-state index contributed by atoms with van der Waals surface area (Å²) >= 11 is 1.70. The van der Waals surface area contributed by atoms with E-state index in [1.54, 1.807) is 11.8 Å².